The standard InChI is InChI=1S/C15H21BrN2O/c1-14(8-3-9-14)10-18-13(19)15(2,17)11-4-6-12(16)7-5-11/h4-7H,3,8-10,17H2,1-2H3,(H,18,19). The molecule has 1 aromatic rings. The van der Waals surface area contributed by atoms with Crippen molar-refractivity contribution < 1.29 is 4.79 Å². The van der Waals surface area contributed by atoms with Crippen LogP contribution in [0.15, 0.2) is 28.7 Å². The summed E-state index contributed by atoms with van der Waals surface area (Å²) in [5.41, 5.74) is 6.30. The largest absolute Gasteiger partial charge is 0.354 e. The molecule has 0 bridgehead atoms. The van der Waals surface area contributed by atoms with Crippen LogP contribution in [0.2, 0.25) is 0 Å². The third-order valence-electron chi connectivity index (χ3n) is 4.15. The minimum Gasteiger partial charge on any atom is -0.354 e. The van der Waals surface area contributed by atoms with Gasteiger partial charge in [0.15, 0.2) is 0 Å². The second-order valence-corrected chi connectivity index (χ2v) is 6.97. The van der Waals surface area contributed by atoms with Crippen molar-refractivity contribution in [2.24, 2.45) is 11.1 Å². The summed E-state index contributed by atoms with van der Waals surface area (Å²) in [7, 11) is 0. The van der Waals surface area contributed by atoms with Crippen molar-refractivity contribution in [2.45, 2.75) is 38.6 Å². The number of halogens is 1. The molecule has 4 heteroatoms. The van der Waals surface area contributed by atoms with Crippen molar-refractivity contribution in [1.29, 1.82) is 0 Å². The van der Waals surface area contributed by atoms with Crippen LogP contribution in [0, 0.1) is 5.41 Å². The van der Waals surface area contributed by atoms with Gasteiger partial charge in [0, 0.05) is 11.0 Å². The molecular formula is C15H21BrN2O. The second-order valence-electron chi connectivity index (χ2n) is 6.06. The van der Waals surface area contributed by atoms with Crippen LogP contribution < -0.4 is 11.1 Å². The Kier molecular flexibility index (Phi) is 4.02. The highest BCUT2D eigenvalue weighted by molar-refractivity contribution is 9.10. The highest BCUT2D eigenvalue weighted by Gasteiger charge is 2.35. The summed E-state index contributed by atoms with van der Waals surface area (Å²) >= 11 is 3.38. The Morgan fingerprint density at radius 2 is 2.00 bits per heavy atom. The summed E-state index contributed by atoms with van der Waals surface area (Å²) in [6.07, 6.45) is 3.64. The number of hydrogen-bond acceptors (Lipinski definition) is 2. The minimum atomic E-state index is -0.985. The summed E-state index contributed by atoms with van der Waals surface area (Å²) in [5.74, 6) is -0.108. The van der Waals surface area contributed by atoms with Crippen LogP contribution in [0.25, 0.3) is 0 Å². The van der Waals surface area contributed by atoms with Gasteiger partial charge in [0.2, 0.25) is 5.91 Å². The molecular weight excluding hydrogens is 304 g/mol. The number of nitrogens with two attached hydrogens (primary N) is 1. The van der Waals surface area contributed by atoms with Crippen molar-refractivity contribution in [1.82, 2.24) is 5.32 Å². The molecule has 1 aliphatic rings. The summed E-state index contributed by atoms with van der Waals surface area (Å²) in [4.78, 5) is 12.3. The van der Waals surface area contributed by atoms with Crippen LogP contribution in [-0.4, -0.2) is 12.5 Å². The maximum absolute atomic E-state index is 12.3. The first-order valence-electron chi connectivity index (χ1n) is 6.67. The number of rotatable bonds is 4. The predicted octanol–water partition coefficient (Wildman–Crippen LogP) is 2.93. The lowest BCUT2D eigenvalue weighted by atomic mass is 9.70. The average Bonchev–Trinajstić information content (AvgIpc) is 2.34. The first kappa shape index (κ1) is 14.5. The number of nitrogens with one attached hydrogen (secondary N) is 1. The number of hydrogen-bond donors (Lipinski definition) is 2. The van der Waals surface area contributed by atoms with Gasteiger partial charge in [-0.1, -0.05) is 41.4 Å². The monoisotopic (exact) mass is 324 g/mol. The van der Waals surface area contributed by atoms with E-state index in [9.17, 15) is 4.79 Å². The van der Waals surface area contributed by atoms with Crippen molar-refractivity contribution >= 4 is 21.8 Å². The predicted molar refractivity (Wildman–Crippen MR) is 80.6 cm³/mol. The molecule has 1 amide bonds. The molecule has 0 spiro atoms. The first-order valence-corrected chi connectivity index (χ1v) is 7.46. The molecule has 1 fully saturated rings. The van der Waals surface area contributed by atoms with Crippen LogP contribution in [0.1, 0.15) is 38.7 Å². The van der Waals surface area contributed by atoms with E-state index in [0.717, 1.165) is 16.6 Å². The van der Waals surface area contributed by atoms with E-state index in [1.807, 2.05) is 24.3 Å². The van der Waals surface area contributed by atoms with E-state index < -0.39 is 5.54 Å². The molecule has 2 rings (SSSR count). The van der Waals surface area contributed by atoms with Crippen molar-refractivity contribution in [3.05, 3.63) is 34.3 Å². The zero-order valence-electron chi connectivity index (χ0n) is 11.5. The van der Waals surface area contributed by atoms with Crippen molar-refractivity contribution in [2.75, 3.05) is 6.54 Å². The molecule has 0 saturated heterocycles. The van der Waals surface area contributed by atoms with Crippen LogP contribution >= 0.6 is 15.9 Å². The van der Waals surface area contributed by atoms with E-state index in [4.69, 9.17) is 5.73 Å². The van der Waals surface area contributed by atoms with Crippen molar-refractivity contribution in [3.63, 3.8) is 0 Å². The van der Waals surface area contributed by atoms with E-state index in [-0.39, 0.29) is 11.3 Å². The highest BCUT2D eigenvalue weighted by atomic mass is 79.9. The third-order valence-corrected chi connectivity index (χ3v) is 4.68. The normalized spacial score (nSPS) is 20.2. The number of benzene rings is 1. The lowest BCUT2D eigenvalue weighted by Crippen LogP contribution is -2.52. The molecule has 3 nitrogen and oxygen atoms in total. The first-order chi connectivity index (χ1) is 8.83. The van der Waals surface area contributed by atoms with Crippen LogP contribution in [0.4, 0.5) is 0 Å². The Hall–Kier alpha value is -0.870. The van der Waals surface area contributed by atoms with Gasteiger partial charge in [-0.2, -0.15) is 0 Å². The van der Waals surface area contributed by atoms with Gasteiger partial charge in [-0.3, -0.25) is 4.79 Å². The molecule has 1 unspecified atom stereocenters. The van der Waals surface area contributed by atoms with Gasteiger partial charge < -0.3 is 11.1 Å². The lowest BCUT2D eigenvalue weighted by Gasteiger charge is -2.39. The Labute approximate surface area is 123 Å². The molecule has 0 aromatic heterocycles. The van der Waals surface area contributed by atoms with E-state index >= 15 is 0 Å². The Morgan fingerprint density at radius 3 is 2.47 bits per heavy atom. The van der Waals surface area contributed by atoms with Gasteiger partial charge in [-0.05, 0) is 42.9 Å². The summed E-state index contributed by atoms with van der Waals surface area (Å²) in [6.45, 7) is 4.69. The molecule has 1 aromatic carbocycles. The number of carbonyl (C=O) groups is 1. The zero-order valence-corrected chi connectivity index (χ0v) is 13.1. The van der Waals surface area contributed by atoms with Crippen LogP contribution in [-0.2, 0) is 10.3 Å². The van der Waals surface area contributed by atoms with Gasteiger partial charge in [0.25, 0.3) is 0 Å². The van der Waals surface area contributed by atoms with E-state index in [1.165, 1.54) is 19.3 Å². The van der Waals surface area contributed by atoms with E-state index in [0.29, 0.717) is 0 Å². The topological polar surface area (TPSA) is 55.1 Å². The van der Waals surface area contributed by atoms with Crippen LogP contribution in [0.5, 0.6) is 0 Å². The molecule has 19 heavy (non-hydrogen) atoms. The molecule has 0 radical (unpaired) electrons. The Morgan fingerprint density at radius 1 is 1.42 bits per heavy atom. The van der Waals surface area contributed by atoms with E-state index in [2.05, 4.69) is 28.2 Å². The van der Waals surface area contributed by atoms with Gasteiger partial charge in [0.1, 0.15) is 5.54 Å². The Bertz CT molecular complexity index is 464. The smallest absolute Gasteiger partial charge is 0.244 e. The quantitative estimate of drug-likeness (QED) is 0.894. The molecule has 104 valence electrons. The fraction of sp³-hybridized carbons (Fsp3) is 0.533. The molecule has 3 N–H and O–H groups in total. The summed E-state index contributed by atoms with van der Waals surface area (Å²) < 4.78 is 0.981. The molecule has 0 heterocycles. The van der Waals surface area contributed by atoms with Gasteiger partial charge in [-0.15, -0.1) is 0 Å². The number of carbonyl (C=O) groups excluding carboxylic acids is 1. The lowest BCUT2D eigenvalue weighted by molar-refractivity contribution is -0.126. The van der Waals surface area contributed by atoms with Crippen molar-refractivity contribution in [3.8, 4) is 0 Å². The molecule has 0 aliphatic heterocycles. The van der Waals surface area contributed by atoms with Gasteiger partial charge >= 0.3 is 0 Å². The molecule has 1 atom stereocenters. The Balaban J connectivity index is 2.01. The molecule has 1 saturated carbocycles. The maximum Gasteiger partial charge on any atom is 0.244 e. The fourth-order valence-corrected chi connectivity index (χ4v) is 2.63. The maximum atomic E-state index is 12.3. The fourth-order valence-electron chi connectivity index (χ4n) is 2.36. The minimum absolute atomic E-state index is 0.108. The van der Waals surface area contributed by atoms with Gasteiger partial charge in [-0.25, -0.2) is 0 Å². The zero-order chi connectivity index (χ0) is 14.1. The number of amides is 1. The van der Waals surface area contributed by atoms with Crippen LogP contribution in [0.3, 0.4) is 0 Å². The SMILES string of the molecule is CC1(CNC(=O)C(C)(N)c2ccc(Br)cc2)CCC1. The summed E-state index contributed by atoms with van der Waals surface area (Å²) in [6, 6.07) is 7.57. The van der Waals surface area contributed by atoms with E-state index in [1.54, 1.807) is 6.92 Å². The highest BCUT2D eigenvalue weighted by Crippen LogP contribution is 2.39. The summed E-state index contributed by atoms with van der Waals surface area (Å²) in [5, 5.41) is 3.00. The average molecular weight is 325 g/mol. The van der Waals surface area contributed by atoms with Gasteiger partial charge in [0.05, 0.1) is 0 Å². The molecule has 1 aliphatic carbocycles. The third kappa shape index (κ3) is 3.18. The second kappa shape index (κ2) is 5.25.